The molecule has 0 saturated heterocycles. The molecule has 0 atom stereocenters. The second-order valence-electron chi connectivity index (χ2n) is 5.43. The van der Waals surface area contributed by atoms with E-state index in [0.717, 1.165) is 17.0 Å². The smallest absolute Gasteiger partial charge is 0.384 e. The molecular weight excluding hydrogens is 349 g/mol. The number of hydrogen-bond donors (Lipinski definition) is 1. The summed E-state index contributed by atoms with van der Waals surface area (Å²) in [5.41, 5.74) is 6.78. The van der Waals surface area contributed by atoms with Crippen LogP contribution in [0.2, 0.25) is 0 Å². The van der Waals surface area contributed by atoms with Crippen LogP contribution in [-0.4, -0.2) is 14.6 Å². The van der Waals surface area contributed by atoms with Crippen molar-refractivity contribution in [3.63, 3.8) is 0 Å². The van der Waals surface area contributed by atoms with Crippen molar-refractivity contribution in [3.05, 3.63) is 59.5 Å². The van der Waals surface area contributed by atoms with Gasteiger partial charge in [-0.25, -0.2) is 4.98 Å². The van der Waals surface area contributed by atoms with Gasteiger partial charge in [0.2, 0.25) is 0 Å². The summed E-state index contributed by atoms with van der Waals surface area (Å²) in [5, 5.41) is 6.27. The third kappa shape index (κ3) is 2.85. The lowest BCUT2D eigenvalue weighted by atomic mass is 10.0. The number of thiophene rings is 1. The quantitative estimate of drug-likeness (QED) is 0.562. The van der Waals surface area contributed by atoms with E-state index in [-0.39, 0.29) is 0 Å². The van der Waals surface area contributed by atoms with Gasteiger partial charge in [0, 0.05) is 0 Å². The second-order valence-corrected chi connectivity index (χ2v) is 6.38. The van der Waals surface area contributed by atoms with Crippen LogP contribution in [0.15, 0.2) is 53.9 Å². The van der Waals surface area contributed by atoms with Crippen LogP contribution in [0, 0.1) is 0 Å². The van der Waals surface area contributed by atoms with Crippen LogP contribution in [0.1, 0.15) is 5.56 Å². The Labute approximate surface area is 144 Å². The number of benzene rings is 1. The lowest BCUT2D eigenvalue weighted by Gasteiger charge is -2.09. The largest absolute Gasteiger partial charge is 0.416 e. The minimum atomic E-state index is -4.40. The molecule has 0 aliphatic carbocycles. The molecule has 0 aliphatic heterocycles. The molecule has 3 heterocycles. The molecule has 0 bridgehead atoms. The number of anilines is 1. The molecule has 0 aliphatic rings. The number of nitrogen functional groups attached to an aromatic ring is 1. The number of fused-ring (bicyclic) bond motifs is 1. The molecule has 8 heteroatoms. The molecule has 0 amide bonds. The predicted octanol–water partition coefficient (Wildman–Crippen LogP) is 4.73. The summed E-state index contributed by atoms with van der Waals surface area (Å²) in [6.07, 6.45) is -4.40. The van der Waals surface area contributed by atoms with Crippen molar-refractivity contribution in [1.29, 1.82) is 0 Å². The molecule has 0 saturated carbocycles. The zero-order valence-electron chi connectivity index (χ0n) is 12.7. The molecule has 25 heavy (non-hydrogen) atoms. The number of aromatic nitrogens is 3. The van der Waals surface area contributed by atoms with Crippen LogP contribution >= 0.6 is 11.3 Å². The first-order chi connectivity index (χ1) is 11.9. The third-order valence-electron chi connectivity index (χ3n) is 3.73. The third-order valence-corrected chi connectivity index (χ3v) is 4.60. The summed E-state index contributed by atoms with van der Waals surface area (Å²) >= 11 is 1.50. The van der Waals surface area contributed by atoms with E-state index >= 15 is 0 Å². The van der Waals surface area contributed by atoms with Crippen molar-refractivity contribution in [1.82, 2.24) is 14.6 Å². The Kier molecular flexibility index (Phi) is 3.50. The zero-order valence-corrected chi connectivity index (χ0v) is 13.5. The molecule has 0 unspecified atom stereocenters. The maximum absolute atomic E-state index is 12.9. The van der Waals surface area contributed by atoms with Gasteiger partial charge in [-0.2, -0.15) is 17.7 Å². The Bertz CT molecular complexity index is 1050. The Morgan fingerprint density at radius 2 is 1.84 bits per heavy atom. The Hall–Kier alpha value is -2.87. The monoisotopic (exact) mass is 360 g/mol. The number of nitrogens with zero attached hydrogens (tertiary/aromatic N) is 3. The van der Waals surface area contributed by atoms with Crippen molar-refractivity contribution in [2.24, 2.45) is 0 Å². The van der Waals surface area contributed by atoms with Crippen molar-refractivity contribution in [2.45, 2.75) is 6.18 Å². The van der Waals surface area contributed by atoms with E-state index in [1.54, 1.807) is 18.2 Å². The minimum Gasteiger partial charge on any atom is -0.384 e. The van der Waals surface area contributed by atoms with Gasteiger partial charge in [0.15, 0.2) is 11.5 Å². The highest BCUT2D eigenvalue weighted by molar-refractivity contribution is 7.13. The van der Waals surface area contributed by atoms with Gasteiger partial charge < -0.3 is 5.73 Å². The van der Waals surface area contributed by atoms with E-state index in [4.69, 9.17) is 5.73 Å². The van der Waals surface area contributed by atoms with Crippen LogP contribution in [0.25, 0.3) is 27.5 Å². The first-order valence-corrected chi connectivity index (χ1v) is 8.17. The highest BCUT2D eigenvalue weighted by atomic mass is 32.1. The number of alkyl halides is 3. The molecule has 0 radical (unpaired) electrons. The molecule has 4 aromatic rings. The second kappa shape index (κ2) is 5.59. The lowest BCUT2D eigenvalue weighted by Crippen LogP contribution is -2.04. The first kappa shape index (κ1) is 15.6. The summed E-state index contributed by atoms with van der Waals surface area (Å²) in [4.78, 5) is 5.33. The molecule has 4 rings (SSSR count). The van der Waals surface area contributed by atoms with Gasteiger partial charge in [-0.05, 0) is 46.8 Å². The first-order valence-electron chi connectivity index (χ1n) is 7.29. The average Bonchev–Trinajstić information content (AvgIpc) is 3.23. The molecule has 4 nitrogen and oxygen atoms in total. The van der Waals surface area contributed by atoms with Gasteiger partial charge >= 0.3 is 6.18 Å². The average molecular weight is 360 g/mol. The lowest BCUT2D eigenvalue weighted by molar-refractivity contribution is -0.137. The number of nitrogens with two attached hydrogens (primary N) is 1. The number of pyridine rings is 1. The zero-order chi connectivity index (χ0) is 17.6. The SMILES string of the molecule is Nc1cc(-c2cccc(C(F)(F)F)c2)cc2nc(-c3cccs3)nn12. The van der Waals surface area contributed by atoms with Crippen molar-refractivity contribution < 1.29 is 13.2 Å². The van der Waals surface area contributed by atoms with Gasteiger partial charge in [0.25, 0.3) is 0 Å². The van der Waals surface area contributed by atoms with Crippen LogP contribution in [0.3, 0.4) is 0 Å². The minimum absolute atomic E-state index is 0.306. The van der Waals surface area contributed by atoms with Gasteiger partial charge in [-0.15, -0.1) is 16.4 Å². The van der Waals surface area contributed by atoms with E-state index in [2.05, 4.69) is 10.1 Å². The predicted molar refractivity (Wildman–Crippen MR) is 91.2 cm³/mol. The van der Waals surface area contributed by atoms with Crippen LogP contribution < -0.4 is 5.73 Å². The molecule has 3 aromatic heterocycles. The molecule has 0 spiro atoms. The Morgan fingerprint density at radius 1 is 1.00 bits per heavy atom. The van der Waals surface area contributed by atoms with E-state index in [1.165, 1.54) is 21.9 Å². The molecular formula is C17H11F3N4S. The van der Waals surface area contributed by atoms with Crippen LogP contribution in [0.4, 0.5) is 19.0 Å². The fourth-order valence-corrected chi connectivity index (χ4v) is 3.21. The van der Waals surface area contributed by atoms with Gasteiger partial charge in [0.1, 0.15) is 5.82 Å². The van der Waals surface area contributed by atoms with Crippen LogP contribution in [0.5, 0.6) is 0 Å². The highest BCUT2D eigenvalue weighted by Crippen LogP contribution is 2.33. The molecule has 1 aromatic carbocycles. The summed E-state index contributed by atoms with van der Waals surface area (Å²) in [6.45, 7) is 0. The molecule has 2 N–H and O–H groups in total. The summed E-state index contributed by atoms with van der Waals surface area (Å²) in [5.74, 6) is 0.836. The maximum Gasteiger partial charge on any atom is 0.416 e. The highest BCUT2D eigenvalue weighted by Gasteiger charge is 2.30. The Balaban J connectivity index is 1.84. The van der Waals surface area contributed by atoms with Gasteiger partial charge in [0.05, 0.1) is 10.4 Å². The number of hydrogen-bond acceptors (Lipinski definition) is 4. The maximum atomic E-state index is 12.9. The fourth-order valence-electron chi connectivity index (χ4n) is 2.56. The van der Waals surface area contributed by atoms with E-state index < -0.39 is 11.7 Å². The van der Waals surface area contributed by atoms with Gasteiger partial charge in [-0.3, -0.25) is 0 Å². The summed E-state index contributed by atoms with van der Waals surface area (Å²) in [7, 11) is 0. The van der Waals surface area contributed by atoms with Crippen molar-refractivity contribution in [2.75, 3.05) is 5.73 Å². The van der Waals surface area contributed by atoms with Crippen molar-refractivity contribution in [3.8, 4) is 21.8 Å². The van der Waals surface area contributed by atoms with E-state index in [0.29, 0.717) is 28.4 Å². The number of halogens is 3. The molecule has 126 valence electrons. The van der Waals surface area contributed by atoms with Crippen LogP contribution in [-0.2, 0) is 6.18 Å². The Morgan fingerprint density at radius 3 is 2.56 bits per heavy atom. The summed E-state index contributed by atoms with van der Waals surface area (Å²) in [6, 6.07) is 12.2. The standard InChI is InChI=1S/C17H11F3N4S/c18-17(19,20)12-4-1-3-10(7-12)11-8-14(21)24-15(9-11)22-16(23-24)13-5-2-6-25-13/h1-9H,21H2. The topological polar surface area (TPSA) is 56.2 Å². The number of rotatable bonds is 2. The van der Waals surface area contributed by atoms with Crippen molar-refractivity contribution >= 4 is 22.8 Å². The van der Waals surface area contributed by atoms with E-state index in [1.807, 2.05) is 17.5 Å². The van der Waals surface area contributed by atoms with E-state index in [9.17, 15) is 13.2 Å². The molecule has 0 fully saturated rings. The summed E-state index contributed by atoms with van der Waals surface area (Å²) < 4.78 is 40.3. The van der Waals surface area contributed by atoms with Gasteiger partial charge in [-0.1, -0.05) is 18.2 Å². The normalized spacial score (nSPS) is 12.0. The fraction of sp³-hybridized carbons (Fsp3) is 0.0588.